The van der Waals surface area contributed by atoms with Crippen molar-refractivity contribution < 1.29 is 0 Å². The van der Waals surface area contributed by atoms with Crippen LogP contribution < -0.4 is 9.06 Å². The summed E-state index contributed by atoms with van der Waals surface area (Å²) in [5, 5.41) is 0. The van der Waals surface area contributed by atoms with Crippen LogP contribution in [0.3, 0.4) is 0 Å². The third-order valence-corrected chi connectivity index (χ3v) is 10.1. The summed E-state index contributed by atoms with van der Waals surface area (Å²) in [5.74, 6) is 13.5. The van der Waals surface area contributed by atoms with Crippen LogP contribution in [0.25, 0.3) is 69.7 Å². The van der Waals surface area contributed by atoms with E-state index < -0.39 is 0 Å². The molecule has 53 heavy (non-hydrogen) atoms. The van der Waals surface area contributed by atoms with Crippen LogP contribution >= 0.6 is 11.3 Å². The number of hydrogen-bond acceptors (Lipinski definition) is 5. The Morgan fingerprint density at radius 1 is 0.472 bits per heavy atom. The first-order valence-electron chi connectivity index (χ1n) is 17.3. The minimum atomic E-state index is 0.688. The molecule has 0 radical (unpaired) electrons. The van der Waals surface area contributed by atoms with Gasteiger partial charge in [0.15, 0.2) is 0 Å². The van der Waals surface area contributed by atoms with Crippen molar-refractivity contribution in [3.8, 4) is 45.9 Å². The maximum absolute atomic E-state index is 5.30. The molecule has 4 aromatic heterocycles. The van der Waals surface area contributed by atoms with E-state index in [-0.39, 0.29) is 0 Å². The number of nitrogens with one attached hydrogen (secondary N) is 1. The molecule has 0 spiro atoms. The smallest absolute Gasteiger partial charge is 0.113 e. The number of fused-ring (bicyclic) bond motifs is 8. The van der Waals surface area contributed by atoms with E-state index >= 15 is 0 Å². The zero-order chi connectivity index (χ0) is 35.4. The standard InChI is InChI=1S/C47H29N5S/c1-3-12-32(13-4-1)46-41-27-24-38(50-41)36(22-20-34-16-7-9-30-48-34)39-25-29-43(51-39)47(33-14-5-2-6-15-33)45-19-11-18-44(53-45)37(40-26-28-42(46)52-40)23-21-35-17-8-10-31-49-35/h1-10,12-19,24-31,50H,11H2. The molecule has 8 bridgehead atoms. The Kier molecular flexibility index (Phi) is 8.56. The van der Waals surface area contributed by atoms with Crippen molar-refractivity contribution in [1.82, 2.24) is 24.9 Å². The van der Waals surface area contributed by atoms with Crippen molar-refractivity contribution in [2.45, 2.75) is 6.42 Å². The Bertz CT molecular complexity index is 2900. The van der Waals surface area contributed by atoms with Gasteiger partial charge in [-0.3, -0.25) is 0 Å². The lowest BCUT2D eigenvalue weighted by Gasteiger charge is -2.06. The van der Waals surface area contributed by atoms with Gasteiger partial charge in [-0.25, -0.2) is 19.9 Å². The average Bonchev–Trinajstić information content (AvgIpc) is 4.01. The van der Waals surface area contributed by atoms with E-state index in [2.05, 4.69) is 124 Å². The largest absolute Gasteiger partial charge is 0.354 e. The van der Waals surface area contributed by atoms with E-state index in [0.29, 0.717) is 11.4 Å². The van der Waals surface area contributed by atoms with E-state index in [1.165, 1.54) is 0 Å². The predicted octanol–water partition coefficient (Wildman–Crippen LogP) is 8.69. The number of pyridine rings is 2. The minimum absolute atomic E-state index is 0.688. The van der Waals surface area contributed by atoms with Gasteiger partial charge < -0.3 is 4.98 Å². The number of hydrogen-bond donors (Lipinski definition) is 1. The van der Waals surface area contributed by atoms with Crippen LogP contribution in [0.2, 0.25) is 0 Å². The number of nitrogens with zero attached hydrogens (tertiary/aromatic N) is 4. The zero-order valence-corrected chi connectivity index (χ0v) is 29.2. The Morgan fingerprint density at radius 3 is 1.64 bits per heavy atom. The highest BCUT2D eigenvalue weighted by Gasteiger charge is 2.16. The summed E-state index contributed by atoms with van der Waals surface area (Å²) < 4.78 is 2.15. The van der Waals surface area contributed by atoms with Crippen molar-refractivity contribution >= 4 is 58.8 Å². The SMILES string of the molecule is C(#Cc1c2nc(c(-c3ccccc3)c3ccc([nH]3)c(C#Cc3ccccn3)c3nc(c(-c4ccccc4)c4sc1=CCC=4)C=C3)C=C2)c1ccccn1. The Morgan fingerprint density at radius 2 is 1.00 bits per heavy atom. The van der Waals surface area contributed by atoms with Crippen molar-refractivity contribution in [3.05, 3.63) is 176 Å². The molecule has 0 unspecified atom stereocenters. The van der Waals surface area contributed by atoms with Crippen LogP contribution in [0.5, 0.6) is 0 Å². The van der Waals surface area contributed by atoms with Gasteiger partial charge in [0.25, 0.3) is 0 Å². The zero-order valence-electron chi connectivity index (χ0n) is 28.4. The lowest BCUT2D eigenvalue weighted by atomic mass is 10.0. The molecule has 1 N–H and O–H groups in total. The van der Waals surface area contributed by atoms with Gasteiger partial charge in [0.05, 0.1) is 39.4 Å². The molecule has 6 heteroatoms. The highest BCUT2D eigenvalue weighted by atomic mass is 32.1. The predicted molar refractivity (Wildman–Crippen MR) is 218 cm³/mol. The van der Waals surface area contributed by atoms with Gasteiger partial charge >= 0.3 is 0 Å². The molecule has 0 fully saturated rings. The first-order chi connectivity index (χ1) is 26.3. The van der Waals surface area contributed by atoms with Crippen LogP contribution in [-0.4, -0.2) is 24.9 Å². The number of H-pyrrole nitrogens is 1. The fourth-order valence-electron chi connectivity index (χ4n) is 6.46. The molecule has 248 valence electrons. The van der Waals surface area contributed by atoms with Crippen LogP contribution in [0.4, 0.5) is 0 Å². The van der Waals surface area contributed by atoms with E-state index in [9.17, 15) is 0 Å². The lowest BCUT2D eigenvalue weighted by Crippen LogP contribution is -2.14. The Labute approximate surface area is 310 Å². The first-order valence-corrected chi connectivity index (χ1v) is 18.1. The van der Waals surface area contributed by atoms with Gasteiger partial charge in [0.2, 0.25) is 0 Å². The van der Waals surface area contributed by atoms with Crippen LogP contribution in [0.15, 0.2) is 122 Å². The second kappa shape index (κ2) is 14.2. The van der Waals surface area contributed by atoms with E-state index in [0.717, 1.165) is 82.7 Å². The molecule has 3 aliphatic rings. The topological polar surface area (TPSA) is 67.3 Å². The van der Waals surface area contributed by atoms with Crippen LogP contribution in [0, 0.1) is 23.7 Å². The van der Waals surface area contributed by atoms with Gasteiger partial charge in [-0.2, -0.15) is 0 Å². The van der Waals surface area contributed by atoms with Crippen molar-refractivity contribution in [1.29, 1.82) is 0 Å². The highest BCUT2D eigenvalue weighted by Crippen LogP contribution is 2.31. The fourth-order valence-corrected chi connectivity index (χ4v) is 7.64. The lowest BCUT2D eigenvalue weighted by molar-refractivity contribution is 1.28. The molecule has 5 nitrogen and oxygen atoms in total. The minimum Gasteiger partial charge on any atom is -0.354 e. The molecule has 0 amide bonds. The molecular formula is C47H29N5S. The number of aromatic amines is 1. The van der Waals surface area contributed by atoms with Crippen molar-refractivity contribution in [3.63, 3.8) is 0 Å². The summed E-state index contributed by atoms with van der Waals surface area (Å²) >= 11 is 1.70. The quantitative estimate of drug-likeness (QED) is 0.184. The molecule has 0 saturated carbocycles. The normalized spacial score (nSPS) is 11.9. The van der Waals surface area contributed by atoms with Crippen LogP contribution in [-0.2, 0) is 0 Å². The molecule has 0 atom stereocenters. The maximum Gasteiger partial charge on any atom is 0.113 e. The second-order valence-electron chi connectivity index (χ2n) is 12.4. The monoisotopic (exact) mass is 695 g/mol. The van der Waals surface area contributed by atoms with Gasteiger partial charge in [0.1, 0.15) is 11.4 Å². The molecule has 0 saturated heterocycles. The maximum atomic E-state index is 5.30. The third kappa shape index (κ3) is 6.59. The average molecular weight is 696 g/mol. The summed E-state index contributed by atoms with van der Waals surface area (Å²) in [4.78, 5) is 23.3. The fraction of sp³-hybridized carbons (Fsp3) is 0.0213. The van der Waals surface area contributed by atoms with Crippen LogP contribution in [0.1, 0.15) is 51.7 Å². The molecule has 0 aliphatic carbocycles. The summed E-state index contributed by atoms with van der Waals surface area (Å²) in [7, 11) is 0. The molecule has 6 aromatic rings. The van der Waals surface area contributed by atoms with E-state index in [1.54, 1.807) is 23.7 Å². The highest BCUT2D eigenvalue weighted by molar-refractivity contribution is 7.07. The first kappa shape index (κ1) is 31.8. The summed E-state index contributed by atoms with van der Waals surface area (Å²) in [6.45, 7) is 0. The number of rotatable bonds is 2. The van der Waals surface area contributed by atoms with Gasteiger partial charge in [-0.05, 0) is 90.1 Å². The molecule has 7 heterocycles. The molecule has 2 aromatic carbocycles. The summed E-state index contributed by atoms with van der Waals surface area (Å²) in [5.41, 5.74) is 12.2. The Balaban J connectivity index is 1.44. The molecule has 3 aliphatic heterocycles. The van der Waals surface area contributed by atoms with Crippen molar-refractivity contribution in [2.75, 3.05) is 0 Å². The number of aromatic nitrogens is 5. The van der Waals surface area contributed by atoms with Gasteiger partial charge in [-0.15, -0.1) is 11.3 Å². The molecule has 9 rings (SSSR count). The van der Waals surface area contributed by atoms with Gasteiger partial charge in [-0.1, -0.05) is 96.8 Å². The van der Waals surface area contributed by atoms with Gasteiger partial charge in [0, 0.05) is 38.1 Å². The van der Waals surface area contributed by atoms with Crippen molar-refractivity contribution in [2.24, 2.45) is 0 Å². The molecular weight excluding hydrogens is 667 g/mol. The summed E-state index contributed by atoms with van der Waals surface area (Å²) in [6.07, 6.45) is 17.1. The third-order valence-electron chi connectivity index (χ3n) is 8.93. The summed E-state index contributed by atoms with van der Waals surface area (Å²) in [6, 6.07) is 36.5. The Hall–Kier alpha value is -7.12. The van der Waals surface area contributed by atoms with E-state index in [4.69, 9.17) is 9.97 Å². The van der Waals surface area contributed by atoms with E-state index in [1.807, 2.05) is 60.7 Å². The number of benzene rings is 2. The second-order valence-corrected chi connectivity index (χ2v) is 13.4.